The second kappa shape index (κ2) is 9.34. The number of aromatic nitrogens is 1. The Hall–Kier alpha value is -3.49. The summed E-state index contributed by atoms with van der Waals surface area (Å²) in [6, 6.07) is 15.3. The summed E-state index contributed by atoms with van der Waals surface area (Å²) in [7, 11) is 0. The SMILES string of the molecule is CC(Nc1cc(-c2ccc(Oc3ccc(F)cc3)cc2)nc(C(O)CO)c1)C(N)=O. The van der Waals surface area contributed by atoms with Gasteiger partial charge in [-0.25, -0.2) is 9.37 Å². The number of nitrogens with one attached hydrogen (secondary N) is 1. The average Bonchev–Trinajstić information content (AvgIpc) is 2.75. The highest BCUT2D eigenvalue weighted by Gasteiger charge is 2.15. The number of carbonyl (C=O) groups excluding carboxylic acids is 1. The molecular weight excluding hydrogens is 389 g/mol. The van der Waals surface area contributed by atoms with Crippen LogP contribution >= 0.6 is 0 Å². The molecule has 2 unspecified atom stereocenters. The number of hydrogen-bond donors (Lipinski definition) is 4. The Morgan fingerprint density at radius 1 is 1.13 bits per heavy atom. The second-order valence-corrected chi connectivity index (χ2v) is 6.71. The van der Waals surface area contributed by atoms with Gasteiger partial charge in [0.05, 0.1) is 18.0 Å². The first-order valence-electron chi connectivity index (χ1n) is 9.26. The fourth-order valence-corrected chi connectivity index (χ4v) is 2.70. The number of hydrogen-bond acceptors (Lipinski definition) is 6. The highest BCUT2D eigenvalue weighted by Crippen LogP contribution is 2.28. The quantitative estimate of drug-likeness (QED) is 0.453. The molecule has 156 valence electrons. The molecule has 0 aliphatic rings. The van der Waals surface area contributed by atoms with E-state index in [-0.39, 0.29) is 11.5 Å². The Morgan fingerprint density at radius 3 is 2.30 bits per heavy atom. The van der Waals surface area contributed by atoms with Crippen LogP contribution < -0.4 is 15.8 Å². The zero-order chi connectivity index (χ0) is 21.7. The summed E-state index contributed by atoms with van der Waals surface area (Å²) >= 11 is 0. The molecule has 1 amide bonds. The number of pyridine rings is 1. The number of aliphatic hydroxyl groups excluding tert-OH is 2. The van der Waals surface area contributed by atoms with Gasteiger partial charge in [-0.2, -0.15) is 0 Å². The number of benzene rings is 2. The van der Waals surface area contributed by atoms with Gasteiger partial charge in [0.1, 0.15) is 29.5 Å². The average molecular weight is 411 g/mol. The first kappa shape index (κ1) is 21.2. The van der Waals surface area contributed by atoms with Crippen molar-refractivity contribution in [3.8, 4) is 22.8 Å². The van der Waals surface area contributed by atoms with Gasteiger partial charge in [0.2, 0.25) is 5.91 Å². The van der Waals surface area contributed by atoms with Gasteiger partial charge < -0.3 is 26.0 Å². The van der Waals surface area contributed by atoms with Gasteiger partial charge in [0, 0.05) is 11.3 Å². The lowest BCUT2D eigenvalue weighted by Crippen LogP contribution is -2.32. The van der Waals surface area contributed by atoms with Crippen LogP contribution in [0.1, 0.15) is 18.7 Å². The number of carbonyl (C=O) groups is 1. The molecule has 7 nitrogen and oxygen atoms in total. The van der Waals surface area contributed by atoms with Crippen molar-refractivity contribution in [2.45, 2.75) is 19.1 Å². The minimum absolute atomic E-state index is 0.251. The van der Waals surface area contributed by atoms with Crippen molar-refractivity contribution in [1.29, 1.82) is 0 Å². The largest absolute Gasteiger partial charge is 0.457 e. The van der Waals surface area contributed by atoms with Crippen molar-refractivity contribution in [3.63, 3.8) is 0 Å². The summed E-state index contributed by atoms with van der Waals surface area (Å²) in [4.78, 5) is 15.8. The molecule has 2 atom stereocenters. The van der Waals surface area contributed by atoms with Crippen molar-refractivity contribution in [2.24, 2.45) is 5.73 Å². The van der Waals surface area contributed by atoms with Crippen molar-refractivity contribution in [3.05, 3.63) is 72.2 Å². The lowest BCUT2D eigenvalue weighted by atomic mass is 10.1. The number of ether oxygens (including phenoxy) is 1. The summed E-state index contributed by atoms with van der Waals surface area (Å²) in [5, 5.41) is 22.3. The number of amides is 1. The van der Waals surface area contributed by atoms with Crippen molar-refractivity contribution >= 4 is 11.6 Å². The third-order valence-corrected chi connectivity index (χ3v) is 4.37. The summed E-state index contributed by atoms with van der Waals surface area (Å²) in [6.45, 7) is 1.12. The van der Waals surface area contributed by atoms with Crippen LogP contribution in [0.3, 0.4) is 0 Å². The van der Waals surface area contributed by atoms with E-state index in [0.717, 1.165) is 5.56 Å². The molecule has 0 radical (unpaired) electrons. The van der Waals surface area contributed by atoms with Crippen LogP contribution in [-0.4, -0.2) is 33.8 Å². The van der Waals surface area contributed by atoms with Gasteiger partial charge in [-0.3, -0.25) is 4.79 Å². The van der Waals surface area contributed by atoms with E-state index >= 15 is 0 Å². The predicted octanol–water partition coefficient (Wildman–Crippen LogP) is 2.99. The molecule has 0 aliphatic heterocycles. The standard InChI is InChI=1S/C22H22FN3O4/c1-13(22(24)29)25-16-10-19(26-20(11-16)21(28)12-27)14-2-6-17(7-3-14)30-18-8-4-15(23)5-9-18/h2-11,13,21,27-28H,12H2,1H3,(H2,24,29)(H,25,26). The molecule has 2 aromatic carbocycles. The molecule has 8 heteroatoms. The predicted molar refractivity (Wildman–Crippen MR) is 110 cm³/mol. The Bertz CT molecular complexity index is 1010. The molecule has 3 rings (SSSR count). The topological polar surface area (TPSA) is 118 Å². The number of aliphatic hydroxyl groups is 2. The van der Waals surface area contributed by atoms with Crippen LogP contribution in [0, 0.1) is 5.82 Å². The Labute approximate surface area is 173 Å². The smallest absolute Gasteiger partial charge is 0.239 e. The molecule has 1 aromatic heterocycles. The van der Waals surface area contributed by atoms with Crippen LogP contribution in [0.2, 0.25) is 0 Å². The highest BCUT2D eigenvalue weighted by molar-refractivity contribution is 5.82. The zero-order valence-electron chi connectivity index (χ0n) is 16.2. The minimum Gasteiger partial charge on any atom is -0.457 e. The number of nitrogens with zero attached hydrogens (tertiary/aromatic N) is 1. The summed E-state index contributed by atoms with van der Waals surface area (Å²) in [6.07, 6.45) is -1.17. The Morgan fingerprint density at radius 2 is 1.73 bits per heavy atom. The molecule has 0 saturated carbocycles. The Balaban J connectivity index is 1.87. The van der Waals surface area contributed by atoms with E-state index < -0.39 is 24.7 Å². The second-order valence-electron chi connectivity index (χ2n) is 6.71. The van der Waals surface area contributed by atoms with Crippen molar-refractivity contribution < 1.29 is 24.1 Å². The van der Waals surface area contributed by atoms with E-state index in [4.69, 9.17) is 10.5 Å². The van der Waals surface area contributed by atoms with E-state index in [9.17, 15) is 19.4 Å². The first-order chi connectivity index (χ1) is 14.4. The highest BCUT2D eigenvalue weighted by atomic mass is 19.1. The fourth-order valence-electron chi connectivity index (χ4n) is 2.70. The molecule has 0 spiro atoms. The maximum Gasteiger partial charge on any atom is 0.239 e. The Kier molecular flexibility index (Phi) is 6.61. The number of primary amides is 1. The van der Waals surface area contributed by atoms with Crippen molar-refractivity contribution in [1.82, 2.24) is 4.98 Å². The van der Waals surface area contributed by atoms with Gasteiger partial charge in [0.25, 0.3) is 0 Å². The molecule has 5 N–H and O–H groups in total. The van der Waals surface area contributed by atoms with Gasteiger partial charge >= 0.3 is 0 Å². The van der Waals surface area contributed by atoms with Gasteiger partial charge in [-0.1, -0.05) is 0 Å². The third kappa shape index (κ3) is 5.31. The van der Waals surface area contributed by atoms with E-state index in [1.165, 1.54) is 24.3 Å². The van der Waals surface area contributed by atoms with Crippen LogP contribution in [0.15, 0.2) is 60.7 Å². The minimum atomic E-state index is -1.17. The molecule has 3 aromatic rings. The van der Waals surface area contributed by atoms with Crippen LogP contribution in [-0.2, 0) is 4.79 Å². The lowest BCUT2D eigenvalue weighted by Gasteiger charge is -2.16. The molecule has 0 aliphatic carbocycles. The van der Waals surface area contributed by atoms with E-state index in [1.807, 2.05) is 0 Å². The van der Waals surface area contributed by atoms with E-state index in [1.54, 1.807) is 43.3 Å². The number of nitrogens with two attached hydrogens (primary N) is 1. The molecule has 1 heterocycles. The molecule has 0 saturated heterocycles. The first-order valence-corrected chi connectivity index (χ1v) is 9.26. The maximum absolute atomic E-state index is 13.0. The van der Waals surface area contributed by atoms with Gasteiger partial charge in [-0.15, -0.1) is 0 Å². The van der Waals surface area contributed by atoms with Crippen LogP contribution in [0.4, 0.5) is 10.1 Å². The zero-order valence-corrected chi connectivity index (χ0v) is 16.2. The molecule has 0 fully saturated rings. The van der Waals surface area contributed by atoms with Crippen LogP contribution in [0.5, 0.6) is 11.5 Å². The maximum atomic E-state index is 13.0. The lowest BCUT2D eigenvalue weighted by molar-refractivity contribution is -0.118. The number of rotatable bonds is 8. The third-order valence-electron chi connectivity index (χ3n) is 4.37. The number of anilines is 1. The normalized spacial score (nSPS) is 12.8. The van der Waals surface area contributed by atoms with E-state index in [0.29, 0.717) is 22.9 Å². The summed E-state index contributed by atoms with van der Waals surface area (Å²) in [5.74, 6) is 0.184. The van der Waals surface area contributed by atoms with Gasteiger partial charge in [-0.05, 0) is 67.6 Å². The fraction of sp³-hybridized carbons (Fsp3) is 0.182. The molecular formula is C22H22FN3O4. The van der Waals surface area contributed by atoms with E-state index in [2.05, 4.69) is 10.3 Å². The van der Waals surface area contributed by atoms with Crippen molar-refractivity contribution in [2.75, 3.05) is 11.9 Å². The summed E-state index contributed by atoms with van der Waals surface area (Å²) < 4.78 is 18.7. The summed E-state index contributed by atoms with van der Waals surface area (Å²) in [5.41, 5.74) is 7.33. The molecule has 30 heavy (non-hydrogen) atoms. The number of halogens is 1. The monoisotopic (exact) mass is 411 g/mol. The van der Waals surface area contributed by atoms with Gasteiger partial charge in [0.15, 0.2) is 0 Å². The molecule has 0 bridgehead atoms. The van der Waals surface area contributed by atoms with Crippen LogP contribution in [0.25, 0.3) is 11.3 Å².